The summed E-state index contributed by atoms with van der Waals surface area (Å²) < 4.78 is 11.5. The van der Waals surface area contributed by atoms with Crippen LogP contribution in [-0.4, -0.2) is 24.5 Å². The van der Waals surface area contributed by atoms with Crippen molar-refractivity contribution in [3.63, 3.8) is 0 Å². The lowest BCUT2D eigenvalue weighted by Gasteiger charge is -2.33. The quantitative estimate of drug-likeness (QED) is 0.619. The van der Waals surface area contributed by atoms with E-state index in [9.17, 15) is 9.59 Å². The number of anilines is 2. The van der Waals surface area contributed by atoms with Crippen LogP contribution in [0.2, 0.25) is 0 Å². The predicted molar refractivity (Wildman–Crippen MR) is 124 cm³/mol. The van der Waals surface area contributed by atoms with Crippen molar-refractivity contribution in [2.45, 2.75) is 33.4 Å². The third-order valence-electron chi connectivity index (χ3n) is 5.55. The van der Waals surface area contributed by atoms with Gasteiger partial charge in [-0.05, 0) is 61.7 Å². The number of amides is 2. The average Bonchev–Trinajstić information content (AvgIpc) is 2.79. The van der Waals surface area contributed by atoms with Crippen molar-refractivity contribution in [1.82, 2.24) is 0 Å². The van der Waals surface area contributed by atoms with Crippen LogP contribution in [0.15, 0.2) is 66.7 Å². The highest BCUT2D eigenvalue weighted by Crippen LogP contribution is 2.37. The summed E-state index contributed by atoms with van der Waals surface area (Å²) in [6.07, 6.45) is -0.572. The molecule has 3 aromatic carbocycles. The summed E-state index contributed by atoms with van der Waals surface area (Å²) in [6, 6.07) is 20.8. The van der Waals surface area contributed by atoms with Crippen LogP contribution in [0.1, 0.15) is 23.6 Å². The van der Waals surface area contributed by atoms with Crippen LogP contribution in [0.3, 0.4) is 0 Å². The number of fused-ring (bicyclic) bond motifs is 1. The largest absolute Gasteiger partial charge is 0.483 e. The van der Waals surface area contributed by atoms with Gasteiger partial charge in [-0.15, -0.1) is 0 Å². The molecule has 32 heavy (non-hydrogen) atoms. The second kappa shape index (κ2) is 9.14. The van der Waals surface area contributed by atoms with Crippen LogP contribution in [0.25, 0.3) is 0 Å². The van der Waals surface area contributed by atoms with Crippen molar-refractivity contribution in [2.24, 2.45) is 0 Å². The Hall–Kier alpha value is -3.80. The van der Waals surface area contributed by atoms with Gasteiger partial charge in [0.1, 0.15) is 11.5 Å². The molecule has 1 atom stereocenters. The van der Waals surface area contributed by atoms with E-state index in [0.717, 1.165) is 16.7 Å². The summed E-state index contributed by atoms with van der Waals surface area (Å²) >= 11 is 0. The predicted octanol–water partition coefficient (Wildman–Crippen LogP) is 4.64. The summed E-state index contributed by atoms with van der Waals surface area (Å²) in [4.78, 5) is 27.0. The lowest BCUT2D eigenvalue weighted by atomic mass is 10.1. The minimum Gasteiger partial charge on any atom is -0.483 e. The van der Waals surface area contributed by atoms with Crippen molar-refractivity contribution >= 4 is 23.2 Å². The molecule has 0 aromatic heterocycles. The molecule has 4 rings (SSSR count). The minimum atomic E-state index is -0.572. The molecule has 3 aromatic rings. The highest BCUT2D eigenvalue weighted by atomic mass is 16.5. The van der Waals surface area contributed by atoms with Crippen molar-refractivity contribution in [3.05, 3.63) is 83.4 Å². The number of hydrogen-bond acceptors (Lipinski definition) is 4. The Morgan fingerprint density at radius 1 is 1.06 bits per heavy atom. The zero-order valence-electron chi connectivity index (χ0n) is 18.4. The maximum absolute atomic E-state index is 12.8. The SMILES string of the molecule is Cc1cccc(OCC(=O)Nc2ccc3c(c2)N(Cc2ccccc2)C(=O)C(C)O3)c1C. The Labute approximate surface area is 187 Å². The standard InChI is InChI=1S/C26H26N2O4/c1-17-8-7-11-23(18(17)2)31-16-25(29)27-21-12-13-24-22(14-21)28(26(30)19(3)32-24)15-20-9-5-4-6-10-20/h4-14,19H,15-16H2,1-3H3,(H,27,29). The third-order valence-corrected chi connectivity index (χ3v) is 5.55. The van der Waals surface area contributed by atoms with Gasteiger partial charge in [0, 0.05) is 5.69 Å². The molecule has 0 radical (unpaired) electrons. The number of hydrogen-bond donors (Lipinski definition) is 1. The van der Waals surface area contributed by atoms with E-state index in [1.807, 2.05) is 62.4 Å². The second-order valence-electron chi connectivity index (χ2n) is 7.89. The average molecular weight is 431 g/mol. The third kappa shape index (κ3) is 4.59. The summed E-state index contributed by atoms with van der Waals surface area (Å²) in [6.45, 7) is 6.02. The number of rotatable bonds is 6. The zero-order valence-corrected chi connectivity index (χ0v) is 18.4. The highest BCUT2D eigenvalue weighted by Gasteiger charge is 2.31. The maximum Gasteiger partial charge on any atom is 0.268 e. The van der Waals surface area contributed by atoms with E-state index in [1.54, 1.807) is 30.0 Å². The lowest BCUT2D eigenvalue weighted by Crippen LogP contribution is -2.44. The van der Waals surface area contributed by atoms with E-state index >= 15 is 0 Å². The number of nitrogens with zero attached hydrogens (tertiary/aromatic N) is 1. The van der Waals surface area contributed by atoms with Gasteiger partial charge in [-0.25, -0.2) is 0 Å². The first-order valence-corrected chi connectivity index (χ1v) is 10.6. The van der Waals surface area contributed by atoms with Crippen LogP contribution >= 0.6 is 0 Å². The van der Waals surface area contributed by atoms with Gasteiger partial charge in [0.15, 0.2) is 12.7 Å². The molecule has 1 aliphatic heterocycles. The Morgan fingerprint density at radius 3 is 2.62 bits per heavy atom. The lowest BCUT2D eigenvalue weighted by molar-refractivity contribution is -0.125. The molecule has 1 aliphatic rings. The van der Waals surface area contributed by atoms with Crippen LogP contribution in [-0.2, 0) is 16.1 Å². The molecule has 2 amide bonds. The Bertz CT molecular complexity index is 1140. The first kappa shape index (κ1) is 21.4. The van der Waals surface area contributed by atoms with E-state index in [0.29, 0.717) is 29.4 Å². The molecule has 0 aliphatic carbocycles. The summed E-state index contributed by atoms with van der Waals surface area (Å²) in [5.41, 5.74) is 4.33. The fourth-order valence-electron chi connectivity index (χ4n) is 3.63. The topological polar surface area (TPSA) is 67.9 Å². The Kier molecular flexibility index (Phi) is 6.12. The molecule has 0 saturated carbocycles. The molecular formula is C26H26N2O4. The molecule has 1 N–H and O–H groups in total. The fourth-order valence-corrected chi connectivity index (χ4v) is 3.63. The van der Waals surface area contributed by atoms with Crippen molar-refractivity contribution in [1.29, 1.82) is 0 Å². The molecule has 0 spiro atoms. The van der Waals surface area contributed by atoms with E-state index in [4.69, 9.17) is 9.47 Å². The van der Waals surface area contributed by atoms with E-state index < -0.39 is 6.10 Å². The Morgan fingerprint density at radius 2 is 1.84 bits per heavy atom. The number of aryl methyl sites for hydroxylation is 1. The first-order chi connectivity index (χ1) is 15.4. The molecule has 6 heteroatoms. The van der Waals surface area contributed by atoms with E-state index in [1.165, 1.54) is 0 Å². The number of carbonyl (C=O) groups is 2. The molecule has 0 bridgehead atoms. The summed E-state index contributed by atoms with van der Waals surface area (Å²) in [7, 11) is 0. The van der Waals surface area contributed by atoms with Crippen LogP contribution in [0.5, 0.6) is 11.5 Å². The molecular weight excluding hydrogens is 404 g/mol. The van der Waals surface area contributed by atoms with Crippen LogP contribution in [0, 0.1) is 13.8 Å². The molecule has 0 saturated heterocycles. The highest BCUT2D eigenvalue weighted by molar-refractivity contribution is 6.01. The van der Waals surface area contributed by atoms with Gasteiger partial charge >= 0.3 is 0 Å². The molecule has 1 heterocycles. The Balaban J connectivity index is 1.50. The van der Waals surface area contributed by atoms with Gasteiger partial charge in [0.2, 0.25) is 0 Å². The fraction of sp³-hybridized carbons (Fsp3) is 0.231. The van der Waals surface area contributed by atoms with E-state index in [2.05, 4.69) is 5.32 Å². The minimum absolute atomic E-state index is 0.110. The second-order valence-corrected chi connectivity index (χ2v) is 7.89. The normalized spacial score (nSPS) is 15.0. The number of nitrogens with one attached hydrogen (secondary N) is 1. The van der Waals surface area contributed by atoms with Gasteiger partial charge in [0.25, 0.3) is 11.8 Å². The number of benzene rings is 3. The molecule has 1 unspecified atom stereocenters. The van der Waals surface area contributed by atoms with Gasteiger partial charge in [-0.3, -0.25) is 9.59 Å². The van der Waals surface area contributed by atoms with Gasteiger partial charge < -0.3 is 19.7 Å². The van der Waals surface area contributed by atoms with Crippen molar-refractivity contribution < 1.29 is 19.1 Å². The zero-order chi connectivity index (χ0) is 22.7. The van der Waals surface area contributed by atoms with Crippen molar-refractivity contribution in [3.8, 4) is 11.5 Å². The number of carbonyl (C=O) groups excluding carboxylic acids is 2. The number of ether oxygens (including phenoxy) is 2. The van der Waals surface area contributed by atoms with Crippen LogP contribution in [0.4, 0.5) is 11.4 Å². The summed E-state index contributed by atoms with van der Waals surface area (Å²) in [5, 5.41) is 2.85. The van der Waals surface area contributed by atoms with Crippen molar-refractivity contribution in [2.75, 3.05) is 16.8 Å². The molecule has 0 fully saturated rings. The molecule has 6 nitrogen and oxygen atoms in total. The maximum atomic E-state index is 12.8. The van der Waals surface area contributed by atoms with Gasteiger partial charge in [-0.2, -0.15) is 0 Å². The first-order valence-electron chi connectivity index (χ1n) is 10.6. The van der Waals surface area contributed by atoms with Crippen LogP contribution < -0.4 is 19.7 Å². The monoisotopic (exact) mass is 430 g/mol. The molecule has 164 valence electrons. The van der Waals surface area contributed by atoms with E-state index in [-0.39, 0.29) is 18.4 Å². The smallest absolute Gasteiger partial charge is 0.268 e. The summed E-state index contributed by atoms with van der Waals surface area (Å²) in [5.74, 6) is 0.894. The van der Waals surface area contributed by atoms with Gasteiger partial charge in [0.05, 0.1) is 12.2 Å². The van der Waals surface area contributed by atoms with Gasteiger partial charge in [-0.1, -0.05) is 42.5 Å².